The lowest BCUT2D eigenvalue weighted by atomic mass is 10.1. The standard InChI is InChI=1S/C13H10F2N2S2/c14-8-2-1-7(5-9(8)15)13(17-16)12-6-11-10(19-12)3-4-18-11/h1-6,13,17H,16H2. The zero-order chi connectivity index (χ0) is 13.4. The monoisotopic (exact) mass is 296 g/mol. The molecule has 19 heavy (non-hydrogen) atoms. The normalized spacial score (nSPS) is 13.0. The highest BCUT2D eigenvalue weighted by Gasteiger charge is 2.17. The molecule has 3 aromatic rings. The van der Waals surface area contributed by atoms with Gasteiger partial charge in [-0.2, -0.15) is 0 Å². The molecule has 0 radical (unpaired) electrons. The molecule has 98 valence electrons. The summed E-state index contributed by atoms with van der Waals surface area (Å²) in [5.74, 6) is 3.84. The van der Waals surface area contributed by atoms with E-state index in [1.807, 2.05) is 17.5 Å². The molecule has 2 heterocycles. The van der Waals surface area contributed by atoms with Crippen molar-refractivity contribution in [2.24, 2.45) is 5.84 Å². The first-order valence-electron chi connectivity index (χ1n) is 5.57. The van der Waals surface area contributed by atoms with Crippen LogP contribution in [0, 0.1) is 11.6 Å². The second-order valence-corrected chi connectivity index (χ2v) is 6.13. The Morgan fingerprint density at radius 2 is 1.89 bits per heavy atom. The van der Waals surface area contributed by atoms with E-state index in [2.05, 4.69) is 5.43 Å². The third kappa shape index (κ3) is 2.28. The van der Waals surface area contributed by atoms with Gasteiger partial charge in [0.25, 0.3) is 0 Å². The fourth-order valence-corrected chi connectivity index (χ4v) is 4.17. The number of nitrogens with one attached hydrogen (secondary N) is 1. The highest BCUT2D eigenvalue weighted by Crippen LogP contribution is 2.35. The molecule has 3 N–H and O–H groups in total. The smallest absolute Gasteiger partial charge is 0.159 e. The molecule has 0 aliphatic rings. The van der Waals surface area contributed by atoms with Gasteiger partial charge in [-0.05, 0) is 35.2 Å². The van der Waals surface area contributed by atoms with E-state index >= 15 is 0 Å². The van der Waals surface area contributed by atoms with Gasteiger partial charge in [-0.25, -0.2) is 14.2 Å². The van der Waals surface area contributed by atoms with Gasteiger partial charge in [0.05, 0.1) is 6.04 Å². The van der Waals surface area contributed by atoms with Crippen molar-refractivity contribution >= 4 is 32.1 Å². The molecule has 0 aliphatic heterocycles. The van der Waals surface area contributed by atoms with E-state index in [9.17, 15) is 8.78 Å². The van der Waals surface area contributed by atoms with Gasteiger partial charge in [-0.3, -0.25) is 5.84 Å². The van der Waals surface area contributed by atoms with Crippen LogP contribution in [0.2, 0.25) is 0 Å². The van der Waals surface area contributed by atoms with E-state index in [-0.39, 0.29) is 6.04 Å². The number of hydrogen-bond donors (Lipinski definition) is 2. The predicted octanol–water partition coefficient (Wildman–Crippen LogP) is 3.79. The van der Waals surface area contributed by atoms with Gasteiger partial charge in [-0.1, -0.05) is 6.07 Å². The summed E-state index contributed by atoms with van der Waals surface area (Å²) in [6.45, 7) is 0. The quantitative estimate of drug-likeness (QED) is 0.570. The zero-order valence-corrected chi connectivity index (χ0v) is 11.3. The number of halogens is 2. The molecule has 6 heteroatoms. The van der Waals surface area contributed by atoms with Gasteiger partial charge in [0.2, 0.25) is 0 Å². The lowest BCUT2D eigenvalue weighted by Gasteiger charge is -2.14. The summed E-state index contributed by atoms with van der Waals surface area (Å²) in [6, 6.07) is 7.55. The van der Waals surface area contributed by atoms with Crippen LogP contribution in [0.25, 0.3) is 9.40 Å². The van der Waals surface area contributed by atoms with Gasteiger partial charge in [0.1, 0.15) is 0 Å². The Bertz CT molecular complexity index is 692. The molecule has 2 aromatic heterocycles. The minimum atomic E-state index is -0.865. The predicted molar refractivity (Wildman–Crippen MR) is 75.2 cm³/mol. The van der Waals surface area contributed by atoms with Crippen LogP contribution in [-0.4, -0.2) is 0 Å². The lowest BCUT2D eigenvalue weighted by molar-refractivity contribution is 0.504. The highest BCUT2D eigenvalue weighted by molar-refractivity contribution is 7.27. The number of rotatable bonds is 3. The fourth-order valence-electron chi connectivity index (χ4n) is 1.96. The summed E-state index contributed by atoms with van der Waals surface area (Å²) in [5, 5.41) is 2.02. The van der Waals surface area contributed by atoms with Gasteiger partial charge < -0.3 is 0 Å². The molecule has 1 unspecified atom stereocenters. The van der Waals surface area contributed by atoms with Crippen molar-refractivity contribution in [1.82, 2.24) is 5.43 Å². The van der Waals surface area contributed by atoms with Crippen molar-refractivity contribution < 1.29 is 8.78 Å². The first-order chi connectivity index (χ1) is 9.19. The van der Waals surface area contributed by atoms with Crippen LogP contribution < -0.4 is 11.3 Å². The van der Waals surface area contributed by atoms with Crippen LogP contribution >= 0.6 is 22.7 Å². The summed E-state index contributed by atoms with van der Waals surface area (Å²) in [6.07, 6.45) is 0. The largest absolute Gasteiger partial charge is 0.271 e. The fraction of sp³-hybridized carbons (Fsp3) is 0.0769. The van der Waals surface area contributed by atoms with Crippen LogP contribution in [0.3, 0.4) is 0 Å². The first-order valence-corrected chi connectivity index (χ1v) is 7.26. The van der Waals surface area contributed by atoms with E-state index in [1.165, 1.54) is 21.5 Å². The Morgan fingerprint density at radius 3 is 2.58 bits per heavy atom. The molecule has 0 saturated heterocycles. The molecular weight excluding hydrogens is 286 g/mol. The van der Waals surface area contributed by atoms with Gasteiger partial charge in [0, 0.05) is 14.3 Å². The molecule has 1 atom stereocenters. The van der Waals surface area contributed by atoms with Crippen molar-refractivity contribution in [3.8, 4) is 0 Å². The van der Waals surface area contributed by atoms with Crippen molar-refractivity contribution in [2.45, 2.75) is 6.04 Å². The lowest BCUT2D eigenvalue weighted by Crippen LogP contribution is -2.28. The highest BCUT2D eigenvalue weighted by atomic mass is 32.1. The van der Waals surface area contributed by atoms with Crippen LogP contribution in [0.15, 0.2) is 35.7 Å². The third-order valence-corrected chi connectivity index (χ3v) is 5.04. The molecule has 0 amide bonds. The summed E-state index contributed by atoms with van der Waals surface area (Å²) < 4.78 is 28.6. The number of benzene rings is 1. The van der Waals surface area contributed by atoms with Crippen molar-refractivity contribution in [3.05, 3.63) is 57.8 Å². The average Bonchev–Trinajstić information content (AvgIpc) is 2.95. The van der Waals surface area contributed by atoms with Crippen molar-refractivity contribution in [2.75, 3.05) is 0 Å². The number of hydrazine groups is 1. The van der Waals surface area contributed by atoms with E-state index in [1.54, 1.807) is 22.7 Å². The topological polar surface area (TPSA) is 38.0 Å². The van der Waals surface area contributed by atoms with E-state index in [4.69, 9.17) is 5.84 Å². The third-order valence-electron chi connectivity index (χ3n) is 2.89. The Balaban J connectivity index is 2.03. The molecule has 2 nitrogen and oxygen atoms in total. The Hall–Kier alpha value is -1.34. The second kappa shape index (κ2) is 4.97. The van der Waals surface area contributed by atoms with Gasteiger partial charge in [-0.15, -0.1) is 22.7 Å². The summed E-state index contributed by atoms with van der Waals surface area (Å²) in [5.41, 5.74) is 3.26. The van der Waals surface area contributed by atoms with E-state index < -0.39 is 11.6 Å². The molecule has 0 aliphatic carbocycles. The Labute approximate surface area is 116 Å². The first kappa shape index (κ1) is 12.7. The molecule has 0 saturated carbocycles. The minimum Gasteiger partial charge on any atom is -0.271 e. The Kier molecular flexibility index (Phi) is 3.32. The maximum absolute atomic E-state index is 13.3. The molecule has 0 bridgehead atoms. The number of nitrogens with two attached hydrogens (primary N) is 1. The maximum atomic E-state index is 13.3. The summed E-state index contributed by atoms with van der Waals surface area (Å²) in [7, 11) is 0. The van der Waals surface area contributed by atoms with Crippen LogP contribution in [-0.2, 0) is 0 Å². The zero-order valence-electron chi connectivity index (χ0n) is 9.69. The second-order valence-electron chi connectivity index (χ2n) is 4.07. The number of fused-ring (bicyclic) bond motifs is 1. The van der Waals surface area contributed by atoms with E-state index in [0.29, 0.717) is 5.56 Å². The summed E-state index contributed by atoms with van der Waals surface area (Å²) >= 11 is 3.24. The molecule has 0 spiro atoms. The van der Waals surface area contributed by atoms with Crippen LogP contribution in [0.5, 0.6) is 0 Å². The maximum Gasteiger partial charge on any atom is 0.159 e. The number of hydrogen-bond acceptors (Lipinski definition) is 4. The average molecular weight is 296 g/mol. The SMILES string of the molecule is NNC(c1ccc(F)c(F)c1)c1cc2sccc2s1. The van der Waals surface area contributed by atoms with Crippen molar-refractivity contribution in [3.63, 3.8) is 0 Å². The number of thiophene rings is 2. The minimum absolute atomic E-state index is 0.334. The summed E-state index contributed by atoms with van der Waals surface area (Å²) in [4.78, 5) is 0.982. The Morgan fingerprint density at radius 1 is 1.05 bits per heavy atom. The van der Waals surface area contributed by atoms with Gasteiger partial charge in [0.15, 0.2) is 11.6 Å². The van der Waals surface area contributed by atoms with Crippen molar-refractivity contribution in [1.29, 1.82) is 0 Å². The molecule has 3 rings (SSSR count). The van der Waals surface area contributed by atoms with E-state index in [0.717, 1.165) is 10.9 Å². The molecule has 0 fully saturated rings. The van der Waals surface area contributed by atoms with Crippen LogP contribution in [0.1, 0.15) is 16.5 Å². The van der Waals surface area contributed by atoms with Gasteiger partial charge >= 0.3 is 0 Å². The van der Waals surface area contributed by atoms with Crippen LogP contribution in [0.4, 0.5) is 8.78 Å². The molecular formula is C13H10F2N2S2. The molecule has 1 aromatic carbocycles.